The minimum absolute atomic E-state index is 0.223. The van der Waals surface area contributed by atoms with E-state index in [9.17, 15) is 14.7 Å². The molecule has 0 aliphatic carbocycles. The molecule has 0 unspecified atom stereocenters. The number of nitrogens with one attached hydrogen (secondary N) is 1. The van der Waals surface area contributed by atoms with Gasteiger partial charge < -0.3 is 10.4 Å². The summed E-state index contributed by atoms with van der Waals surface area (Å²) < 4.78 is 2.12. The van der Waals surface area contributed by atoms with Gasteiger partial charge >= 0.3 is 0 Å². The predicted octanol–water partition coefficient (Wildman–Crippen LogP) is 3.10. The van der Waals surface area contributed by atoms with Gasteiger partial charge in [-0.05, 0) is 71.5 Å². The van der Waals surface area contributed by atoms with Gasteiger partial charge in [-0.25, -0.2) is 0 Å². The molecule has 7 heteroatoms. The van der Waals surface area contributed by atoms with Crippen LogP contribution in [0.5, 0.6) is 5.75 Å². The van der Waals surface area contributed by atoms with Gasteiger partial charge in [-0.1, -0.05) is 12.1 Å². The van der Waals surface area contributed by atoms with E-state index < -0.39 is 17.2 Å². The Morgan fingerprint density at radius 1 is 1.16 bits per heavy atom. The second-order valence-corrected chi connectivity index (χ2v) is 6.67. The first-order valence-electron chi connectivity index (χ1n) is 7.41. The maximum absolute atomic E-state index is 12.4. The van der Waals surface area contributed by atoms with Crippen LogP contribution in [0.1, 0.15) is 16.1 Å². The lowest BCUT2D eigenvalue weighted by Crippen LogP contribution is -2.25. The number of nitrogens with zero attached hydrogens (tertiary/aromatic N) is 2. The second-order valence-electron chi connectivity index (χ2n) is 5.43. The van der Waals surface area contributed by atoms with Crippen molar-refractivity contribution in [3.63, 3.8) is 0 Å². The number of anilines is 1. The molecule has 1 aromatic heterocycles. The summed E-state index contributed by atoms with van der Waals surface area (Å²) in [6, 6.07) is 15.3. The molecule has 3 aromatic rings. The number of benzene rings is 2. The van der Waals surface area contributed by atoms with Crippen LogP contribution in [0.2, 0.25) is 0 Å². The van der Waals surface area contributed by atoms with Gasteiger partial charge in [0.05, 0.1) is 5.69 Å². The Morgan fingerprint density at radius 3 is 2.56 bits per heavy atom. The molecule has 0 aliphatic rings. The van der Waals surface area contributed by atoms with Crippen LogP contribution >= 0.6 is 22.6 Å². The van der Waals surface area contributed by atoms with Crippen LogP contribution in [-0.4, -0.2) is 20.8 Å². The largest absolute Gasteiger partial charge is 0.505 e. The molecule has 0 fully saturated rings. The molecule has 0 saturated heterocycles. The fourth-order valence-electron chi connectivity index (χ4n) is 2.28. The number of amides is 1. The van der Waals surface area contributed by atoms with Crippen molar-refractivity contribution in [1.82, 2.24) is 9.78 Å². The number of aromatic hydroxyl groups is 1. The molecule has 0 spiro atoms. The molecule has 2 N–H and O–H groups in total. The molecule has 126 valence electrons. The number of rotatable bonds is 3. The van der Waals surface area contributed by atoms with E-state index >= 15 is 0 Å². The van der Waals surface area contributed by atoms with Crippen LogP contribution in [0, 0.1) is 10.5 Å². The molecular weight excluding hydrogens is 433 g/mol. The monoisotopic (exact) mass is 447 g/mol. The van der Waals surface area contributed by atoms with E-state index in [4.69, 9.17) is 0 Å². The van der Waals surface area contributed by atoms with Gasteiger partial charge in [0.1, 0.15) is 0 Å². The van der Waals surface area contributed by atoms with Crippen molar-refractivity contribution in [3.8, 4) is 11.4 Å². The van der Waals surface area contributed by atoms with Crippen LogP contribution in [0.15, 0.2) is 59.4 Å². The second kappa shape index (κ2) is 7.06. The zero-order chi connectivity index (χ0) is 18.0. The summed E-state index contributed by atoms with van der Waals surface area (Å²) in [6.45, 7) is 1.89. The van der Waals surface area contributed by atoms with E-state index in [2.05, 4.69) is 33.0 Å². The average Bonchev–Trinajstić information content (AvgIpc) is 2.57. The number of halogens is 1. The Morgan fingerprint density at radius 2 is 1.88 bits per heavy atom. The number of aromatic nitrogens is 2. The standard InChI is InChI=1S/C18H14IN3O3/c1-11-3-2-4-14(9-11)22-16(24)10-15(23)17(21-22)18(25)20-13-7-5-12(19)6-8-13/h2-10,23H,1H3,(H,20,25). The van der Waals surface area contributed by atoms with Gasteiger partial charge in [0.2, 0.25) is 0 Å². The Labute approximate surface area is 157 Å². The van der Waals surface area contributed by atoms with Crippen molar-refractivity contribution in [3.05, 3.63) is 79.8 Å². The van der Waals surface area contributed by atoms with Gasteiger partial charge in [0, 0.05) is 15.3 Å². The molecule has 0 saturated carbocycles. The number of aryl methyl sites for hydroxylation is 1. The molecule has 0 radical (unpaired) electrons. The first-order chi connectivity index (χ1) is 11.9. The summed E-state index contributed by atoms with van der Waals surface area (Å²) in [4.78, 5) is 24.6. The third-order valence-electron chi connectivity index (χ3n) is 3.47. The summed E-state index contributed by atoms with van der Waals surface area (Å²) in [5, 5.41) is 16.7. The quantitative estimate of drug-likeness (QED) is 0.605. The Bertz CT molecular complexity index is 997. The molecule has 0 atom stereocenters. The van der Waals surface area contributed by atoms with Crippen molar-refractivity contribution in [1.29, 1.82) is 0 Å². The zero-order valence-electron chi connectivity index (χ0n) is 13.2. The summed E-state index contributed by atoms with van der Waals surface area (Å²) in [5.41, 5.74) is 1.30. The predicted molar refractivity (Wildman–Crippen MR) is 103 cm³/mol. The van der Waals surface area contributed by atoms with E-state index in [0.29, 0.717) is 11.4 Å². The van der Waals surface area contributed by atoms with E-state index in [1.54, 1.807) is 30.3 Å². The third kappa shape index (κ3) is 3.87. The first-order valence-corrected chi connectivity index (χ1v) is 8.49. The number of hydrogen-bond donors (Lipinski definition) is 2. The van der Waals surface area contributed by atoms with E-state index in [-0.39, 0.29) is 5.69 Å². The number of hydrogen-bond acceptors (Lipinski definition) is 4. The molecule has 1 heterocycles. The summed E-state index contributed by atoms with van der Waals surface area (Å²) >= 11 is 2.16. The van der Waals surface area contributed by atoms with Crippen LogP contribution in [0.4, 0.5) is 5.69 Å². The van der Waals surface area contributed by atoms with E-state index in [1.807, 2.05) is 25.1 Å². The maximum Gasteiger partial charge on any atom is 0.279 e. The molecule has 25 heavy (non-hydrogen) atoms. The van der Waals surface area contributed by atoms with Crippen LogP contribution in [0.3, 0.4) is 0 Å². The highest BCUT2D eigenvalue weighted by atomic mass is 127. The SMILES string of the molecule is Cc1cccc(-n2nc(C(=O)Nc3ccc(I)cc3)c(O)cc2=O)c1. The highest BCUT2D eigenvalue weighted by Crippen LogP contribution is 2.17. The summed E-state index contributed by atoms with van der Waals surface area (Å²) in [6.07, 6.45) is 0. The lowest BCUT2D eigenvalue weighted by Gasteiger charge is -2.10. The minimum Gasteiger partial charge on any atom is -0.505 e. The van der Waals surface area contributed by atoms with E-state index in [0.717, 1.165) is 19.9 Å². The van der Waals surface area contributed by atoms with Crippen molar-refractivity contribution >= 4 is 34.2 Å². The summed E-state index contributed by atoms with van der Waals surface area (Å²) in [7, 11) is 0. The van der Waals surface area contributed by atoms with Gasteiger partial charge in [-0.15, -0.1) is 0 Å². The van der Waals surface area contributed by atoms with Crippen LogP contribution in [0.25, 0.3) is 5.69 Å². The molecule has 6 nitrogen and oxygen atoms in total. The topological polar surface area (TPSA) is 84.2 Å². The lowest BCUT2D eigenvalue weighted by atomic mass is 10.2. The Kier molecular flexibility index (Phi) is 4.84. The van der Waals surface area contributed by atoms with Gasteiger partial charge in [-0.3, -0.25) is 9.59 Å². The number of carbonyl (C=O) groups is 1. The van der Waals surface area contributed by atoms with Gasteiger partial charge in [-0.2, -0.15) is 9.78 Å². The summed E-state index contributed by atoms with van der Waals surface area (Å²) in [5.74, 6) is -1.06. The highest BCUT2D eigenvalue weighted by Gasteiger charge is 2.17. The van der Waals surface area contributed by atoms with Crippen molar-refractivity contribution < 1.29 is 9.90 Å². The molecule has 0 bridgehead atoms. The Hall–Kier alpha value is -2.68. The third-order valence-corrected chi connectivity index (χ3v) is 4.19. The molecule has 0 aliphatic heterocycles. The van der Waals surface area contributed by atoms with Gasteiger partial charge in [0.15, 0.2) is 11.4 Å². The fraction of sp³-hybridized carbons (Fsp3) is 0.0556. The minimum atomic E-state index is -0.597. The van der Waals surface area contributed by atoms with Crippen molar-refractivity contribution in [2.24, 2.45) is 0 Å². The van der Waals surface area contributed by atoms with Crippen LogP contribution < -0.4 is 10.9 Å². The first kappa shape index (κ1) is 17.2. The average molecular weight is 447 g/mol. The van der Waals surface area contributed by atoms with Crippen molar-refractivity contribution in [2.75, 3.05) is 5.32 Å². The fourth-order valence-corrected chi connectivity index (χ4v) is 2.64. The zero-order valence-corrected chi connectivity index (χ0v) is 15.4. The maximum atomic E-state index is 12.4. The molecule has 1 amide bonds. The number of carbonyl (C=O) groups excluding carboxylic acids is 1. The lowest BCUT2D eigenvalue weighted by molar-refractivity contribution is 0.101. The smallest absolute Gasteiger partial charge is 0.279 e. The van der Waals surface area contributed by atoms with Crippen molar-refractivity contribution in [2.45, 2.75) is 6.92 Å². The normalized spacial score (nSPS) is 10.5. The van der Waals surface area contributed by atoms with Gasteiger partial charge in [0.25, 0.3) is 11.5 Å². The molecule has 3 rings (SSSR count). The van der Waals surface area contributed by atoms with E-state index in [1.165, 1.54) is 0 Å². The van der Waals surface area contributed by atoms with Crippen LogP contribution in [-0.2, 0) is 0 Å². The highest BCUT2D eigenvalue weighted by molar-refractivity contribution is 14.1. The Balaban J connectivity index is 1.98. The molecular formula is C18H14IN3O3. The molecule has 2 aromatic carbocycles.